The molecule has 0 saturated heterocycles. The summed E-state index contributed by atoms with van der Waals surface area (Å²) in [5, 5.41) is 14.4. The van der Waals surface area contributed by atoms with E-state index >= 15 is 0 Å². The van der Waals surface area contributed by atoms with Gasteiger partial charge in [0.1, 0.15) is 11.6 Å². The number of phenols is 1. The maximum absolute atomic E-state index is 14.8. The van der Waals surface area contributed by atoms with Crippen LogP contribution in [0.1, 0.15) is 25.3 Å². The van der Waals surface area contributed by atoms with Crippen molar-refractivity contribution >= 4 is 29.6 Å². The first kappa shape index (κ1) is 25.3. The Kier molecular flexibility index (Phi) is 7.04. The first-order valence-corrected chi connectivity index (χ1v) is 11.8. The molecular formula is C28H27ClFN3O3. The van der Waals surface area contributed by atoms with Gasteiger partial charge in [0.15, 0.2) is 0 Å². The molecule has 3 aromatic rings. The molecule has 1 fully saturated rings. The fourth-order valence-electron chi connectivity index (χ4n) is 4.23. The monoisotopic (exact) mass is 507 g/mol. The summed E-state index contributed by atoms with van der Waals surface area (Å²) >= 11 is 6.48. The van der Waals surface area contributed by atoms with Crippen molar-refractivity contribution in [2.24, 2.45) is 0 Å². The largest absolute Gasteiger partial charge is 0.507 e. The van der Waals surface area contributed by atoms with Crippen LogP contribution in [0.25, 0.3) is 22.3 Å². The van der Waals surface area contributed by atoms with Crippen molar-refractivity contribution in [3.8, 4) is 28.0 Å². The number of nitrogens with zero attached hydrogens (tertiary/aromatic N) is 2. The predicted molar refractivity (Wildman–Crippen MR) is 140 cm³/mol. The summed E-state index contributed by atoms with van der Waals surface area (Å²) in [6, 6.07) is 14.8. The summed E-state index contributed by atoms with van der Waals surface area (Å²) in [5.41, 5.74) is 2.67. The summed E-state index contributed by atoms with van der Waals surface area (Å²) in [6.45, 7) is 1.48. The number of carbonyl (C=O) groups excluding carboxylic acids is 2. The van der Waals surface area contributed by atoms with Gasteiger partial charge in [-0.05, 0) is 59.9 Å². The van der Waals surface area contributed by atoms with Crippen molar-refractivity contribution in [1.82, 2.24) is 10.2 Å². The van der Waals surface area contributed by atoms with Crippen LogP contribution in [0.4, 0.5) is 10.1 Å². The minimum absolute atomic E-state index is 0.0958. The van der Waals surface area contributed by atoms with Gasteiger partial charge in [-0.3, -0.25) is 14.5 Å². The number of rotatable bonds is 8. The van der Waals surface area contributed by atoms with E-state index in [0.29, 0.717) is 28.8 Å². The molecule has 4 rings (SSSR count). The van der Waals surface area contributed by atoms with Gasteiger partial charge in [-0.2, -0.15) is 0 Å². The molecule has 2 amide bonds. The van der Waals surface area contributed by atoms with Gasteiger partial charge in [0.25, 0.3) is 0 Å². The Labute approximate surface area is 214 Å². The summed E-state index contributed by atoms with van der Waals surface area (Å²) < 4.78 is 14.8. The van der Waals surface area contributed by atoms with E-state index < -0.39 is 11.4 Å². The zero-order valence-corrected chi connectivity index (χ0v) is 21.0. The average molecular weight is 508 g/mol. The average Bonchev–Trinajstić information content (AvgIpc) is 3.61. The Morgan fingerprint density at radius 3 is 2.28 bits per heavy atom. The van der Waals surface area contributed by atoms with Crippen LogP contribution in [0.3, 0.4) is 0 Å². The van der Waals surface area contributed by atoms with Gasteiger partial charge < -0.3 is 15.3 Å². The van der Waals surface area contributed by atoms with Gasteiger partial charge in [-0.1, -0.05) is 35.9 Å². The molecule has 36 heavy (non-hydrogen) atoms. The van der Waals surface area contributed by atoms with Crippen LogP contribution in [0, 0.1) is 5.82 Å². The maximum atomic E-state index is 14.8. The van der Waals surface area contributed by atoms with Gasteiger partial charge in [0.2, 0.25) is 12.3 Å². The van der Waals surface area contributed by atoms with Crippen molar-refractivity contribution in [3.63, 3.8) is 0 Å². The fourth-order valence-corrected chi connectivity index (χ4v) is 4.51. The molecule has 0 aliphatic heterocycles. The van der Waals surface area contributed by atoms with E-state index in [1.807, 2.05) is 32.3 Å². The molecule has 3 aromatic carbocycles. The van der Waals surface area contributed by atoms with E-state index in [-0.39, 0.29) is 22.2 Å². The van der Waals surface area contributed by atoms with Gasteiger partial charge >= 0.3 is 0 Å². The zero-order valence-electron chi connectivity index (χ0n) is 20.3. The van der Waals surface area contributed by atoms with E-state index in [1.54, 1.807) is 41.6 Å². The first-order valence-electron chi connectivity index (χ1n) is 11.4. The molecule has 0 unspecified atom stereocenters. The second-order valence-corrected chi connectivity index (χ2v) is 9.54. The third-order valence-corrected chi connectivity index (χ3v) is 6.44. The second-order valence-electron chi connectivity index (χ2n) is 9.13. The number of carbonyl (C=O) groups is 2. The Morgan fingerprint density at radius 1 is 1.06 bits per heavy atom. The van der Waals surface area contributed by atoms with Crippen molar-refractivity contribution in [1.29, 1.82) is 0 Å². The molecule has 2 N–H and O–H groups in total. The highest BCUT2D eigenvalue weighted by Crippen LogP contribution is 2.47. The molecular weight excluding hydrogens is 481 g/mol. The topological polar surface area (TPSA) is 72.9 Å². The molecule has 6 nitrogen and oxygen atoms in total. The Morgan fingerprint density at radius 2 is 1.72 bits per heavy atom. The lowest BCUT2D eigenvalue weighted by Gasteiger charge is -2.19. The molecule has 0 aromatic heterocycles. The van der Waals surface area contributed by atoms with Crippen LogP contribution < -0.4 is 10.2 Å². The molecule has 186 valence electrons. The smallest absolute Gasteiger partial charge is 0.218 e. The van der Waals surface area contributed by atoms with E-state index in [1.165, 1.54) is 24.0 Å². The molecule has 0 bridgehead atoms. The number of anilines is 1. The lowest BCUT2D eigenvalue weighted by molar-refractivity contribution is -0.120. The minimum atomic E-state index is -0.519. The number of aromatic hydroxyl groups is 1. The number of amides is 2. The van der Waals surface area contributed by atoms with Crippen molar-refractivity contribution in [2.45, 2.75) is 25.3 Å². The predicted octanol–water partition coefficient (Wildman–Crippen LogP) is 5.64. The SMILES string of the molecule is CC(=O)NC1(c2cccc(-c3cc(F)cc(-c4ccc(N(C=O)/C=C\N(C)C)c(Cl)c4)c3O)c2)CC1. The van der Waals surface area contributed by atoms with E-state index in [0.717, 1.165) is 18.4 Å². The summed E-state index contributed by atoms with van der Waals surface area (Å²) in [4.78, 5) is 26.3. The first-order chi connectivity index (χ1) is 17.1. The van der Waals surface area contributed by atoms with Crippen molar-refractivity contribution in [2.75, 3.05) is 19.0 Å². The lowest BCUT2D eigenvalue weighted by Crippen LogP contribution is -2.32. The third-order valence-electron chi connectivity index (χ3n) is 6.14. The molecule has 0 spiro atoms. The Balaban J connectivity index is 1.73. The maximum Gasteiger partial charge on any atom is 0.218 e. The molecule has 8 heteroatoms. The quantitative estimate of drug-likeness (QED) is 0.387. The number of hydrogen-bond acceptors (Lipinski definition) is 4. The van der Waals surface area contributed by atoms with Crippen LogP contribution in [-0.4, -0.2) is 36.4 Å². The van der Waals surface area contributed by atoms with E-state index in [4.69, 9.17) is 11.6 Å². The van der Waals surface area contributed by atoms with Crippen molar-refractivity contribution < 1.29 is 19.1 Å². The third kappa shape index (κ3) is 5.21. The normalized spacial score (nSPS) is 13.9. The molecule has 1 saturated carbocycles. The fraction of sp³-hybridized carbons (Fsp3) is 0.214. The number of benzene rings is 3. The van der Waals surface area contributed by atoms with Crippen LogP contribution in [-0.2, 0) is 15.1 Å². The zero-order chi connectivity index (χ0) is 26.0. The minimum Gasteiger partial charge on any atom is -0.507 e. The van der Waals surface area contributed by atoms with Gasteiger partial charge in [0.05, 0.1) is 16.2 Å². The highest BCUT2D eigenvalue weighted by atomic mass is 35.5. The molecule has 1 aliphatic carbocycles. The highest BCUT2D eigenvalue weighted by molar-refractivity contribution is 6.34. The number of nitrogens with one attached hydrogen (secondary N) is 1. The molecule has 0 heterocycles. The molecule has 0 atom stereocenters. The summed E-state index contributed by atoms with van der Waals surface area (Å²) in [7, 11) is 3.66. The number of halogens is 2. The summed E-state index contributed by atoms with van der Waals surface area (Å²) in [6.07, 6.45) is 5.56. The molecule has 0 radical (unpaired) electrons. The summed E-state index contributed by atoms with van der Waals surface area (Å²) in [5.74, 6) is -0.726. The van der Waals surface area contributed by atoms with Crippen LogP contribution >= 0.6 is 11.6 Å². The second kappa shape index (κ2) is 10.0. The number of hydrogen-bond donors (Lipinski definition) is 2. The number of phenolic OH excluding ortho intramolecular Hbond substituents is 1. The van der Waals surface area contributed by atoms with Crippen LogP contribution in [0.2, 0.25) is 5.02 Å². The van der Waals surface area contributed by atoms with Crippen LogP contribution in [0.5, 0.6) is 5.75 Å². The Bertz CT molecular complexity index is 1350. The standard InChI is InChI=1S/C28H27ClFN3O3/c1-18(35)31-28(9-10-28)21-6-4-5-19(13-21)23-15-22(30)16-24(27(23)36)20-7-8-26(25(29)14-20)33(17-34)12-11-32(2)3/h4-8,11-17,36H,9-10H2,1-3H3,(H,31,35)/b12-11-. The molecule has 1 aliphatic rings. The Hall–Kier alpha value is -3.84. The van der Waals surface area contributed by atoms with Crippen molar-refractivity contribution in [3.05, 3.63) is 83.4 Å². The van der Waals surface area contributed by atoms with Gasteiger partial charge in [-0.25, -0.2) is 4.39 Å². The van der Waals surface area contributed by atoms with Gasteiger partial charge in [-0.15, -0.1) is 0 Å². The van der Waals surface area contributed by atoms with E-state index in [2.05, 4.69) is 5.32 Å². The van der Waals surface area contributed by atoms with Gasteiger partial charge in [0, 0.05) is 44.5 Å². The lowest BCUT2D eigenvalue weighted by atomic mass is 9.94. The van der Waals surface area contributed by atoms with Crippen LogP contribution in [0.15, 0.2) is 67.0 Å². The van der Waals surface area contributed by atoms with E-state index in [9.17, 15) is 19.1 Å². The highest BCUT2D eigenvalue weighted by Gasteiger charge is 2.45.